The van der Waals surface area contributed by atoms with E-state index in [-0.39, 0.29) is 42.3 Å². The van der Waals surface area contributed by atoms with Crippen molar-refractivity contribution in [3.8, 4) is 11.8 Å². The van der Waals surface area contributed by atoms with Crippen LogP contribution in [0.4, 0.5) is 5.69 Å². The van der Waals surface area contributed by atoms with Gasteiger partial charge in [-0.2, -0.15) is 5.26 Å². The van der Waals surface area contributed by atoms with E-state index in [1.54, 1.807) is 4.90 Å². The van der Waals surface area contributed by atoms with Crippen LogP contribution in [0.25, 0.3) is 0 Å². The molecule has 1 amide bonds. The second kappa shape index (κ2) is 12.2. The highest BCUT2D eigenvalue weighted by molar-refractivity contribution is 5.96. The molecule has 1 aromatic carbocycles. The zero-order valence-electron chi connectivity index (χ0n) is 25.6. The molecule has 0 bridgehead atoms. The molecule has 11 heteroatoms. The number of fused-ring (bicyclic) bond motifs is 2. The van der Waals surface area contributed by atoms with E-state index in [9.17, 15) is 14.9 Å². The second-order valence-corrected chi connectivity index (χ2v) is 12.8. The number of amides is 1. The van der Waals surface area contributed by atoms with E-state index in [0.717, 1.165) is 37.2 Å². The molecule has 1 saturated carbocycles. The Kier molecular flexibility index (Phi) is 8.50. The van der Waals surface area contributed by atoms with Crippen LogP contribution in [-0.2, 0) is 14.3 Å². The van der Waals surface area contributed by atoms with Crippen LogP contribution in [0.15, 0.2) is 36.9 Å². The summed E-state index contributed by atoms with van der Waals surface area (Å²) in [6.07, 6.45) is 4.49. The Balaban J connectivity index is 1.27. The fourth-order valence-electron chi connectivity index (χ4n) is 8.00. The topological polar surface area (TPSA) is 113 Å². The van der Waals surface area contributed by atoms with Gasteiger partial charge in [-0.1, -0.05) is 18.7 Å². The number of anilines is 1. The first-order valence-corrected chi connectivity index (χ1v) is 15.7. The predicted octanol–water partition coefficient (Wildman–Crippen LogP) is 1.52. The summed E-state index contributed by atoms with van der Waals surface area (Å²) in [6, 6.07) is 9.65. The number of carbonyl (C=O) groups excluding carboxylic acids is 2. The molecule has 1 aromatic rings. The zero-order valence-corrected chi connectivity index (χ0v) is 25.6. The van der Waals surface area contributed by atoms with Crippen LogP contribution in [0.2, 0.25) is 0 Å². The molecule has 7 unspecified atom stereocenters. The summed E-state index contributed by atoms with van der Waals surface area (Å²) >= 11 is 0. The SMILES string of the molecule is C=CC(=O)N1CCN(C2NC(OCC3CCCN3C)NC3C(=O)[C@]4(CCC32)Oc2ccccc2N(C)C4C)CC1CC#N. The molecule has 1 aliphatic carbocycles. The highest BCUT2D eigenvalue weighted by Crippen LogP contribution is 2.46. The number of rotatable bonds is 6. The van der Waals surface area contributed by atoms with E-state index >= 15 is 0 Å². The van der Waals surface area contributed by atoms with E-state index < -0.39 is 18.0 Å². The van der Waals surface area contributed by atoms with Crippen molar-refractivity contribution in [1.29, 1.82) is 5.26 Å². The summed E-state index contributed by atoms with van der Waals surface area (Å²) in [6.45, 7) is 9.02. The van der Waals surface area contributed by atoms with Crippen LogP contribution >= 0.6 is 0 Å². The molecule has 3 saturated heterocycles. The minimum Gasteiger partial charge on any atom is -0.475 e. The van der Waals surface area contributed by atoms with Gasteiger partial charge in [0.15, 0.2) is 17.7 Å². The van der Waals surface area contributed by atoms with Gasteiger partial charge >= 0.3 is 0 Å². The van der Waals surface area contributed by atoms with Gasteiger partial charge < -0.3 is 24.2 Å². The van der Waals surface area contributed by atoms with Crippen LogP contribution in [0, 0.1) is 17.2 Å². The third-order valence-electron chi connectivity index (χ3n) is 10.6. The van der Waals surface area contributed by atoms with Crippen LogP contribution in [-0.4, -0.2) is 116 Å². The first-order valence-electron chi connectivity index (χ1n) is 15.7. The second-order valence-electron chi connectivity index (χ2n) is 12.8. The fourth-order valence-corrected chi connectivity index (χ4v) is 8.00. The lowest BCUT2D eigenvalue weighted by atomic mass is 9.68. The molecular weight excluding hydrogens is 546 g/mol. The number of piperazine rings is 1. The fraction of sp³-hybridized carbons (Fsp3) is 0.656. The highest BCUT2D eigenvalue weighted by atomic mass is 16.5. The molecule has 2 N–H and O–H groups in total. The van der Waals surface area contributed by atoms with Crippen LogP contribution in [0.5, 0.6) is 5.75 Å². The van der Waals surface area contributed by atoms with Gasteiger partial charge in [0.2, 0.25) is 5.91 Å². The van der Waals surface area contributed by atoms with E-state index in [1.165, 1.54) is 6.08 Å². The zero-order chi connectivity index (χ0) is 30.3. The van der Waals surface area contributed by atoms with Gasteiger partial charge in [0.25, 0.3) is 0 Å². The number of para-hydroxylation sites is 2. The average molecular weight is 592 g/mol. The van der Waals surface area contributed by atoms with Crippen molar-refractivity contribution in [3.63, 3.8) is 0 Å². The van der Waals surface area contributed by atoms with Crippen molar-refractivity contribution >= 4 is 17.4 Å². The predicted molar refractivity (Wildman–Crippen MR) is 162 cm³/mol. The van der Waals surface area contributed by atoms with Crippen molar-refractivity contribution in [2.75, 3.05) is 51.8 Å². The van der Waals surface area contributed by atoms with Crippen LogP contribution in [0.1, 0.15) is 39.0 Å². The van der Waals surface area contributed by atoms with Gasteiger partial charge in [-0.05, 0) is 64.4 Å². The van der Waals surface area contributed by atoms with E-state index in [0.29, 0.717) is 38.7 Å². The number of nitriles is 1. The van der Waals surface area contributed by atoms with Gasteiger partial charge in [0.1, 0.15) is 5.75 Å². The lowest BCUT2D eigenvalue weighted by Gasteiger charge is -2.57. The number of nitrogens with one attached hydrogen (secondary N) is 2. The first-order chi connectivity index (χ1) is 20.8. The molecule has 232 valence electrons. The number of hydrogen-bond donors (Lipinski definition) is 2. The summed E-state index contributed by atoms with van der Waals surface area (Å²) < 4.78 is 13.1. The maximum atomic E-state index is 14.7. The Hall–Kier alpha value is -3.01. The van der Waals surface area contributed by atoms with Crippen LogP contribution in [0.3, 0.4) is 0 Å². The molecule has 0 aromatic heterocycles. The summed E-state index contributed by atoms with van der Waals surface area (Å²) in [5.74, 6) is 0.611. The van der Waals surface area contributed by atoms with Gasteiger partial charge in [-0.25, -0.2) is 0 Å². The van der Waals surface area contributed by atoms with Gasteiger partial charge in [-0.3, -0.25) is 25.1 Å². The molecule has 0 radical (unpaired) electrons. The Labute approximate surface area is 254 Å². The van der Waals surface area contributed by atoms with E-state index in [4.69, 9.17) is 9.47 Å². The Morgan fingerprint density at radius 2 is 2.02 bits per heavy atom. The minimum atomic E-state index is -0.978. The number of ether oxygens (including phenoxy) is 2. The number of ketones is 1. The number of Topliss-reactive ketones (excluding diaryl/α,β-unsaturated/α-hetero) is 1. The van der Waals surface area contributed by atoms with Crippen molar-refractivity contribution in [1.82, 2.24) is 25.3 Å². The third kappa shape index (κ3) is 5.34. The lowest BCUT2D eigenvalue weighted by molar-refractivity contribution is -0.161. The maximum Gasteiger partial charge on any atom is 0.246 e. The summed E-state index contributed by atoms with van der Waals surface area (Å²) in [7, 11) is 4.17. The monoisotopic (exact) mass is 591 g/mol. The number of nitrogens with zero attached hydrogens (tertiary/aromatic N) is 5. The quantitative estimate of drug-likeness (QED) is 0.472. The number of hydrogen-bond acceptors (Lipinski definition) is 10. The summed E-state index contributed by atoms with van der Waals surface area (Å²) in [4.78, 5) is 35.8. The molecule has 43 heavy (non-hydrogen) atoms. The minimum absolute atomic E-state index is 0.0326. The molecule has 8 atom stereocenters. The maximum absolute atomic E-state index is 14.7. The number of benzene rings is 1. The van der Waals surface area contributed by atoms with E-state index in [1.807, 2.05) is 31.3 Å². The molecule has 11 nitrogen and oxygen atoms in total. The number of likely N-dealkylation sites (N-methyl/N-ethyl adjacent to an activating group) is 2. The van der Waals surface area contributed by atoms with Crippen molar-refractivity contribution < 1.29 is 19.1 Å². The standard InChI is InChI=1S/C32H45N7O4/c1-5-27(40)39-18-17-38(19-22(39)13-15-33)30-24-12-14-32(21(2)37(4)25-10-6-7-11-26(25)43-32)29(41)28(24)34-31(35-30)42-20-23-9-8-16-36(23)3/h5-7,10-11,21-24,28,30-31,34-35H,1,8-9,12-14,16-20H2,2-4H3/t21?,22?,23?,24?,28?,30?,31?,32-/m1/s1. The van der Waals surface area contributed by atoms with Gasteiger partial charge in [0, 0.05) is 38.6 Å². The Morgan fingerprint density at radius 3 is 2.77 bits per heavy atom. The van der Waals surface area contributed by atoms with Crippen molar-refractivity contribution in [2.45, 2.75) is 81.3 Å². The molecule has 4 aliphatic heterocycles. The lowest BCUT2D eigenvalue weighted by Crippen LogP contribution is -2.78. The smallest absolute Gasteiger partial charge is 0.246 e. The summed E-state index contributed by atoms with van der Waals surface area (Å²) in [5.41, 5.74) is 0.0115. The molecule has 6 rings (SSSR count). The van der Waals surface area contributed by atoms with Crippen molar-refractivity contribution in [3.05, 3.63) is 36.9 Å². The van der Waals surface area contributed by atoms with E-state index in [2.05, 4.69) is 52.0 Å². The Bertz CT molecular complexity index is 1270. The molecule has 5 aliphatic rings. The van der Waals surface area contributed by atoms with Gasteiger partial charge in [0.05, 0.1) is 49.1 Å². The normalized spacial score (nSPS) is 36.5. The molecule has 4 heterocycles. The first kappa shape index (κ1) is 30.0. The molecule has 1 spiro atoms. The number of carbonyl (C=O) groups is 2. The average Bonchev–Trinajstić information content (AvgIpc) is 3.44. The van der Waals surface area contributed by atoms with Gasteiger partial charge in [-0.15, -0.1) is 0 Å². The largest absolute Gasteiger partial charge is 0.475 e. The third-order valence-corrected chi connectivity index (χ3v) is 10.6. The molecule has 4 fully saturated rings. The Morgan fingerprint density at radius 1 is 1.21 bits per heavy atom. The highest BCUT2D eigenvalue weighted by Gasteiger charge is 2.60. The summed E-state index contributed by atoms with van der Waals surface area (Å²) in [5, 5.41) is 16.8. The number of likely N-dealkylation sites (tertiary alicyclic amines) is 1. The molecular formula is C32H45N7O4. The van der Waals surface area contributed by atoms with Crippen LogP contribution < -0.4 is 20.3 Å². The van der Waals surface area contributed by atoms with Crippen molar-refractivity contribution in [2.24, 2.45) is 5.92 Å².